The molecule has 0 saturated heterocycles. The maximum Gasteiger partial charge on any atom is 0.251 e. The van der Waals surface area contributed by atoms with E-state index in [1.54, 1.807) is 36.5 Å². The number of hydrogen-bond donors (Lipinski definition) is 1. The molecule has 166 valence electrons. The third-order valence-corrected chi connectivity index (χ3v) is 6.17. The Bertz CT molecular complexity index is 1150. The highest BCUT2D eigenvalue weighted by molar-refractivity contribution is 6.02. The lowest BCUT2D eigenvalue weighted by molar-refractivity contribution is 0.0950. The largest absolute Gasteiger partial charge is 0.352 e. The number of nitrogens with zero attached hydrogens (tertiary/aromatic N) is 1. The fourth-order valence-electron chi connectivity index (χ4n) is 4.09. The second kappa shape index (κ2) is 9.60. The van der Waals surface area contributed by atoms with Crippen molar-refractivity contribution in [2.45, 2.75) is 52.4 Å². The molecule has 0 atom stereocenters. The summed E-state index contributed by atoms with van der Waals surface area (Å²) in [6.45, 7) is 4.73. The molecule has 1 saturated carbocycles. The highest BCUT2D eigenvalue weighted by atomic mass is 19.1. The van der Waals surface area contributed by atoms with E-state index in [-0.39, 0.29) is 17.5 Å². The summed E-state index contributed by atoms with van der Waals surface area (Å²) in [5.74, 6) is 0.136. The van der Waals surface area contributed by atoms with Gasteiger partial charge in [-0.05, 0) is 60.9 Å². The minimum atomic E-state index is -0.371. The first-order valence-electron chi connectivity index (χ1n) is 11.5. The van der Waals surface area contributed by atoms with Crippen LogP contribution in [0.5, 0.6) is 0 Å². The van der Waals surface area contributed by atoms with Gasteiger partial charge in [-0.2, -0.15) is 0 Å². The Labute approximate surface area is 188 Å². The summed E-state index contributed by atoms with van der Waals surface area (Å²) in [5, 5.41) is 3.70. The number of aryl methyl sites for hydroxylation is 1. The summed E-state index contributed by atoms with van der Waals surface area (Å²) < 4.78 is 15.0. The Morgan fingerprint density at radius 1 is 1.12 bits per heavy atom. The number of fused-ring (bicyclic) bond motifs is 1. The Hall–Kier alpha value is -3.08. The predicted octanol–water partition coefficient (Wildman–Crippen LogP) is 6.12. The first kappa shape index (κ1) is 22.1. The second-order valence-corrected chi connectivity index (χ2v) is 8.61. The molecule has 2 aromatic carbocycles. The van der Waals surface area contributed by atoms with Gasteiger partial charge in [-0.1, -0.05) is 32.4 Å². The van der Waals surface area contributed by atoms with Crippen LogP contribution in [0.4, 0.5) is 4.39 Å². The van der Waals surface area contributed by atoms with Crippen LogP contribution in [0.2, 0.25) is 0 Å². The second-order valence-electron chi connectivity index (χ2n) is 8.61. The zero-order valence-electron chi connectivity index (χ0n) is 18.7. The fraction of sp³-hybridized carbons (Fsp3) is 0.370. The first-order chi connectivity index (χ1) is 15.5. The molecule has 3 aromatic rings. The van der Waals surface area contributed by atoms with Crippen LogP contribution in [0, 0.1) is 11.7 Å². The average molecular weight is 433 g/mol. The summed E-state index contributed by atoms with van der Waals surface area (Å²) in [7, 11) is 0. The van der Waals surface area contributed by atoms with Crippen molar-refractivity contribution in [3.05, 3.63) is 65.1 Å². The van der Waals surface area contributed by atoms with Crippen molar-refractivity contribution >= 4 is 22.6 Å². The predicted molar refractivity (Wildman–Crippen MR) is 125 cm³/mol. The summed E-state index contributed by atoms with van der Waals surface area (Å²) in [6, 6.07) is 10.2. The number of amides is 1. The number of ketones is 1. The number of Topliss-reactive ketones (excluding diaryl/α,β-unsaturated/α-hetero) is 1. The number of aromatic nitrogens is 1. The van der Waals surface area contributed by atoms with E-state index < -0.39 is 0 Å². The van der Waals surface area contributed by atoms with Gasteiger partial charge in [0, 0.05) is 47.3 Å². The maximum atomic E-state index is 15.0. The highest BCUT2D eigenvalue weighted by Gasteiger charge is 2.26. The molecule has 0 bridgehead atoms. The first-order valence-corrected chi connectivity index (χ1v) is 11.5. The lowest BCUT2D eigenvalue weighted by Crippen LogP contribution is -2.24. The molecule has 0 spiro atoms. The standard InChI is InChI=1S/C27H29FN2O2/c1-3-5-12-29-27(32)19-10-8-18(9-11-19)21-14-22-20(4-2)23(26(31)13-17-6-7-17)16-30-25(22)15-24(21)28/h8-11,14-17H,3-7,12-13H2,1-2H3,(H,29,32). The van der Waals surface area contributed by atoms with Crippen LogP contribution in [0.3, 0.4) is 0 Å². The summed E-state index contributed by atoms with van der Waals surface area (Å²) >= 11 is 0. The number of carbonyl (C=O) groups excluding carboxylic acids is 2. The highest BCUT2D eigenvalue weighted by Crippen LogP contribution is 2.35. The number of carbonyl (C=O) groups is 2. The van der Waals surface area contributed by atoms with E-state index in [0.29, 0.717) is 53.1 Å². The van der Waals surface area contributed by atoms with Crippen molar-refractivity contribution in [1.29, 1.82) is 0 Å². The fourth-order valence-corrected chi connectivity index (χ4v) is 4.09. The molecule has 1 fully saturated rings. The molecule has 0 aliphatic heterocycles. The summed E-state index contributed by atoms with van der Waals surface area (Å²) in [5.41, 5.74) is 3.82. The zero-order valence-corrected chi connectivity index (χ0v) is 18.7. The third kappa shape index (κ3) is 4.72. The molecule has 1 aromatic heterocycles. The lowest BCUT2D eigenvalue weighted by Gasteiger charge is -2.13. The topological polar surface area (TPSA) is 59.1 Å². The Morgan fingerprint density at radius 2 is 1.88 bits per heavy atom. The molecule has 4 rings (SSSR count). The maximum absolute atomic E-state index is 15.0. The Kier molecular flexibility index (Phi) is 6.63. The van der Waals surface area contributed by atoms with Crippen molar-refractivity contribution in [2.75, 3.05) is 6.54 Å². The molecule has 0 radical (unpaired) electrons. The quantitative estimate of drug-likeness (QED) is 0.327. The van der Waals surface area contributed by atoms with Crippen LogP contribution in [-0.2, 0) is 6.42 Å². The molecule has 1 amide bonds. The van der Waals surface area contributed by atoms with E-state index in [0.717, 1.165) is 36.6 Å². The number of halogens is 1. The molecule has 5 heteroatoms. The molecular formula is C27H29FN2O2. The molecule has 0 unspecified atom stereocenters. The van der Waals surface area contributed by atoms with E-state index in [2.05, 4.69) is 17.2 Å². The van der Waals surface area contributed by atoms with Gasteiger partial charge in [0.25, 0.3) is 5.91 Å². The van der Waals surface area contributed by atoms with Gasteiger partial charge in [-0.25, -0.2) is 4.39 Å². The van der Waals surface area contributed by atoms with E-state index in [4.69, 9.17) is 0 Å². The minimum Gasteiger partial charge on any atom is -0.352 e. The average Bonchev–Trinajstić information content (AvgIpc) is 3.62. The third-order valence-electron chi connectivity index (χ3n) is 6.17. The van der Waals surface area contributed by atoms with Crippen LogP contribution >= 0.6 is 0 Å². The minimum absolute atomic E-state index is 0.125. The summed E-state index contributed by atoms with van der Waals surface area (Å²) in [6.07, 6.45) is 7.04. The van der Waals surface area contributed by atoms with Crippen molar-refractivity contribution in [3.8, 4) is 11.1 Å². The molecule has 1 aliphatic rings. The number of hydrogen-bond acceptors (Lipinski definition) is 3. The normalized spacial score (nSPS) is 13.3. The molecule has 1 heterocycles. The van der Waals surface area contributed by atoms with Gasteiger partial charge < -0.3 is 5.32 Å². The van der Waals surface area contributed by atoms with Crippen molar-refractivity contribution in [1.82, 2.24) is 10.3 Å². The number of nitrogens with one attached hydrogen (secondary N) is 1. The van der Waals surface area contributed by atoms with Gasteiger partial charge in [0.15, 0.2) is 5.78 Å². The van der Waals surface area contributed by atoms with Gasteiger partial charge >= 0.3 is 0 Å². The van der Waals surface area contributed by atoms with Gasteiger partial charge in [0.05, 0.1) is 5.52 Å². The SMILES string of the molecule is CCCCNC(=O)c1ccc(-c2cc3c(CC)c(C(=O)CC4CC4)cnc3cc2F)cc1. The van der Waals surface area contributed by atoms with Gasteiger partial charge in [0.2, 0.25) is 0 Å². The van der Waals surface area contributed by atoms with Gasteiger partial charge in [0.1, 0.15) is 5.82 Å². The van der Waals surface area contributed by atoms with Crippen LogP contribution in [0.1, 0.15) is 72.2 Å². The molecule has 1 N–H and O–H groups in total. The van der Waals surface area contributed by atoms with Crippen LogP contribution in [-0.4, -0.2) is 23.2 Å². The van der Waals surface area contributed by atoms with E-state index in [9.17, 15) is 14.0 Å². The molecule has 1 aliphatic carbocycles. The molecular weight excluding hydrogens is 403 g/mol. The number of benzene rings is 2. The summed E-state index contributed by atoms with van der Waals surface area (Å²) in [4.78, 5) is 29.4. The van der Waals surface area contributed by atoms with Crippen molar-refractivity contribution in [3.63, 3.8) is 0 Å². The van der Waals surface area contributed by atoms with Crippen LogP contribution < -0.4 is 5.32 Å². The van der Waals surface area contributed by atoms with Gasteiger partial charge in [-0.15, -0.1) is 0 Å². The molecule has 32 heavy (non-hydrogen) atoms. The smallest absolute Gasteiger partial charge is 0.251 e. The lowest BCUT2D eigenvalue weighted by atomic mass is 9.93. The zero-order chi connectivity index (χ0) is 22.7. The van der Waals surface area contributed by atoms with Crippen LogP contribution in [0.15, 0.2) is 42.6 Å². The van der Waals surface area contributed by atoms with E-state index in [1.807, 2.05) is 6.92 Å². The van der Waals surface area contributed by atoms with E-state index in [1.165, 1.54) is 6.07 Å². The number of pyridine rings is 1. The Balaban J connectivity index is 1.67. The Morgan fingerprint density at radius 3 is 2.53 bits per heavy atom. The molecule has 4 nitrogen and oxygen atoms in total. The van der Waals surface area contributed by atoms with Gasteiger partial charge in [-0.3, -0.25) is 14.6 Å². The van der Waals surface area contributed by atoms with Crippen molar-refractivity contribution < 1.29 is 14.0 Å². The van der Waals surface area contributed by atoms with Crippen LogP contribution in [0.25, 0.3) is 22.0 Å². The number of rotatable bonds is 9. The van der Waals surface area contributed by atoms with E-state index >= 15 is 0 Å². The van der Waals surface area contributed by atoms with Crippen molar-refractivity contribution in [2.24, 2.45) is 5.92 Å². The monoisotopic (exact) mass is 432 g/mol. The number of unbranched alkanes of at least 4 members (excludes halogenated alkanes) is 1.